The summed E-state index contributed by atoms with van der Waals surface area (Å²) in [6.45, 7) is 0. The fraction of sp³-hybridized carbons (Fsp3) is 0. The van der Waals surface area contributed by atoms with Crippen LogP contribution in [-0.4, -0.2) is 9.55 Å². The molecular weight excluding hydrogens is 599 g/mol. The van der Waals surface area contributed by atoms with Crippen LogP contribution in [0.15, 0.2) is 181 Å². The van der Waals surface area contributed by atoms with Crippen LogP contribution in [0.4, 0.5) is 17.1 Å². The van der Waals surface area contributed by atoms with E-state index in [4.69, 9.17) is 4.42 Å². The zero-order valence-corrected chi connectivity index (χ0v) is 26.5. The molecule has 4 nitrogen and oxygen atoms in total. The second kappa shape index (κ2) is 11.0. The summed E-state index contributed by atoms with van der Waals surface area (Å²) in [4.78, 5) is 6.64. The summed E-state index contributed by atoms with van der Waals surface area (Å²) in [6.07, 6.45) is 3.65. The summed E-state index contributed by atoms with van der Waals surface area (Å²) in [6, 6.07) is 58.4. The van der Waals surface area contributed by atoms with Gasteiger partial charge in [-0.15, -0.1) is 0 Å². The molecule has 0 aliphatic heterocycles. The molecule has 0 aliphatic rings. The molecule has 230 valence electrons. The monoisotopic (exact) mass is 627 g/mol. The van der Waals surface area contributed by atoms with Crippen molar-refractivity contribution < 1.29 is 4.42 Å². The number of rotatable bonds is 5. The summed E-state index contributed by atoms with van der Waals surface area (Å²) in [5.41, 5.74) is 10.6. The van der Waals surface area contributed by atoms with E-state index in [1.54, 1.807) is 6.20 Å². The van der Waals surface area contributed by atoms with Crippen molar-refractivity contribution in [3.63, 3.8) is 0 Å². The van der Waals surface area contributed by atoms with Crippen LogP contribution in [0.2, 0.25) is 0 Å². The second-order valence-corrected chi connectivity index (χ2v) is 12.5. The van der Waals surface area contributed by atoms with E-state index in [2.05, 4.69) is 172 Å². The third-order valence-electron chi connectivity index (χ3n) is 9.65. The maximum atomic E-state index is 6.32. The van der Waals surface area contributed by atoms with Gasteiger partial charge in [-0.05, 0) is 88.6 Å². The van der Waals surface area contributed by atoms with Crippen molar-refractivity contribution >= 4 is 71.6 Å². The third-order valence-corrected chi connectivity index (χ3v) is 9.65. The molecule has 10 aromatic rings. The summed E-state index contributed by atoms with van der Waals surface area (Å²) in [7, 11) is 0. The van der Waals surface area contributed by atoms with Crippen LogP contribution in [0, 0.1) is 0 Å². The average molecular weight is 628 g/mol. The van der Waals surface area contributed by atoms with E-state index in [0.29, 0.717) is 0 Å². The maximum Gasteiger partial charge on any atom is 0.138 e. The van der Waals surface area contributed by atoms with Crippen LogP contribution >= 0.6 is 0 Å². The van der Waals surface area contributed by atoms with Crippen LogP contribution in [0.3, 0.4) is 0 Å². The molecule has 0 unspecified atom stereocenters. The van der Waals surface area contributed by atoms with Crippen molar-refractivity contribution in [2.75, 3.05) is 4.90 Å². The lowest BCUT2D eigenvalue weighted by Gasteiger charge is -2.26. The van der Waals surface area contributed by atoms with Crippen LogP contribution in [0.5, 0.6) is 0 Å². The zero-order chi connectivity index (χ0) is 32.3. The topological polar surface area (TPSA) is 34.2 Å². The Morgan fingerprint density at radius 2 is 1.22 bits per heavy atom. The van der Waals surface area contributed by atoms with Gasteiger partial charge in [0.05, 0.1) is 11.0 Å². The number of hydrogen-bond acceptors (Lipinski definition) is 3. The van der Waals surface area contributed by atoms with Crippen molar-refractivity contribution in [1.29, 1.82) is 0 Å². The largest absolute Gasteiger partial charge is 0.456 e. The van der Waals surface area contributed by atoms with E-state index < -0.39 is 0 Å². The van der Waals surface area contributed by atoms with E-state index in [1.165, 1.54) is 38.1 Å². The van der Waals surface area contributed by atoms with Gasteiger partial charge in [0, 0.05) is 62.8 Å². The van der Waals surface area contributed by atoms with Gasteiger partial charge in [0.1, 0.15) is 11.2 Å². The highest BCUT2D eigenvalue weighted by Gasteiger charge is 2.18. The van der Waals surface area contributed by atoms with Crippen LogP contribution in [0.25, 0.3) is 71.3 Å². The lowest BCUT2D eigenvalue weighted by molar-refractivity contribution is 0.668. The first-order chi connectivity index (χ1) is 24.3. The van der Waals surface area contributed by atoms with Gasteiger partial charge in [0.2, 0.25) is 0 Å². The van der Waals surface area contributed by atoms with E-state index in [-0.39, 0.29) is 0 Å². The van der Waals surface area contributed by atoms with Gasteiger partial charge in [-0.25, -0.2) is 0 Å². The summed E-state index contributed by atoms with van der Waals surface area (Å²) in [5.74, 6) is 0. The van der Waals surface area contributed by atoms with Gasteiger partial charge in [-0.3, -0.25) is 4.98 Å². The number of aromatic nitrogens is 2. The second-order valence-electron chi connectivity index (χ2n) is 12.5. The number of hydrogen-bond donors (Lipinski definition) is 0. The quantitative estimate of drug-likeness (QED) is 0.190. The normalized spacial score (nSPS) is 11.7. The number of furan rings is 1. The fourth-order valence-corrected chi connectivity index (χ4v) is 7.42. The molecule has 0 aliphatic carbocycles. The molecule has 0 atom stereocenters. The Bertz CT molecular complexity index is 2830. The number of para-hydroxylation sites is 1. The molecule has 0 N–H and O–H groups in total. The highest BCUT2D eigenvalue weighted by atomic mass is 16.3. The molecule has 10 rings (SSSR count). The molecule has 0 amide bonds. The van der Waals surface area contributed by atoms with Gasteiger partial charge < -0.3 is 13.9 Å². The molecule has 0 radical (unpaired) electrons. The third kappa shape index (κ3) is 4.42. The van der Waals surface area contributed by atoms with Crippen molar-refractivity contribution in [2.24, 2.45) is 0 Å². The van der Waals surface area contributed by atoms with Crippen molar-refractivity contribution in [3.8, 4) is 16.8 Å². The SMILES string of the molecule is c1ccc(-c2cccc(N(c3ccc(-n4c5ccccc5c5c6ccccc6ccc54)cc3)c3ccc4c(c3)oc3ccncc34)c2)cc1. The molecule has 0 bridgehead atoms. The number of fused-ring (bicyclic) bond motifs is 8. The zero-order valence-electron chi connectivity index (χ0n) is 26.5. The van der Waals surface area contributed by atoms with E-state index in [0.717, 1.165) is 50.3 Å². The Hall–Kier alpha value is -6.65. The molecule has 0 saturated carbocycles. The lowest BCUT2D eigenvalue weighted by atomic mass is 10.0. The molecule has 3 aromatic heterocycles. The Kier molecular flexibility index (Phi) is 6.15. The summed E-state index contributed by atoms with van der Waals surface area (Å²) >= 11 is 0. The van der Waals surface area contributed by atoms with Crippen molar-refractivity contribution in [2.45, 2.75) is 0 Å². The van der Waals surface area contributed by atoms with E-state index in [9.17, 15) is 0 Å². The smallest absolute Gasteiger partial charge is 0.138 e. The Morgan fingerprint density at radius 3 is 2.12 bits per heavy atom. The standard InChI is InChI=1S/C45H29N3O/c1-2-9-30(10-3-1)32-12-8-13-35(27-32)47(36-22-23-38-40-29-46-26-25-43(40)49-44(38)28-36)33-18-20-34(21-19-33)48-41-16-7-6-15-39(41)45-37-14-5-4-11-31(37)17-24-42(45)48/h1-29H. The fourth-order valence-electron chi connectivity index (χ4n) is 7.42. The Labute approximate surface area is 282 Å². The number of anilines is 3. The average Bonchev–Trinajstić information content (AvgIpc) is 3.71. The number of pyridine rings is 1. The highest BCUT2D eigenvalue weighted by Crippen LogP contribution is 2.41. The van der Waals surface area contributed by atoms with E-state index >= 15 is 0 Å². The minimum atomic E-state index is 0.832. The molecule has 0 saturated heterocycles. The summed E-state index contributed by atoms with van der Waals surface area (Å²) in [5, 5.41) is 7.13. The van der Waals surface area contributed by atoms with Crippen LogP contribution in [0.1, 0.15) is 0 Å². The van der Waals surface area contributed by atoms with Gasteiger partial charge in [-0.1, -0.05) is 91.0 Å². The van der Waals surface area contributed by atoms with Gasteiger partial charge in [0.25, 0.3) is 0 Å². The van der Waals surface area contributed by atoms with E-state index in [1.807, 2.05) is 12.3 Å². The molecule has 0 fully saturated rings. The maximum absolute atomic E-state index is 6.32. The van der Waals surface area contributed by atoms with Gasteiger partial charge >= 0.3 is 0 Å². The molecular formula is C45H29N3O. The molecule has 3 heterocycles. The highest BCUT2D eigenvalue weighted by molar-refractivity contribution is 6.21. The van der Waals surface area contributed by atoms with Gasteiger partial charge in [-0.2, -0.15) is 0 Å². The number of benzene rings is 7. The Balaban J connectivity index is 1.15. The van der Waals surface area contributed by atoms with Gasteiger partial charge in [0.15, 0.2) is 0 Å². The molecule has 7 aromatic carbocycles. The molecule has 0 spiro atoms. The number of nitrogens with zero attached hydrogens (tertiary/aromatic N) is 3. The van der Waals surface area contributed by atoms with Crippen LogP contribution < -0.4 is 4.90 Å². The first-order valence-corrected chi connectivity index (χ1v) is 16.5. The minimum absolute atomic E-state index is 0.832. The summed E-state index contributed by atoms with van der Waals surface area (Å²) < 4.78 is 8.70. The van der Waals surface area contributed by atoms with Crippen LogP contribution in [-0.2, 0) is 0 Å². The first-order valence-electron chi connectivity index (χ1n) is 16.5. The molecule has 49 heavy (non-hydrogen) atoms. The predicted octanol–water partition coefficient (Wildman–Crippen LogP) is 12.4. The first kappa shape index (κ1) is 27.5. The lowest BCUT2D eigenvalue weighted by Crippen LogP contribution is -2.10. The van der Waals surface area contributed by atoms with Crippen molar-refractivity contribution in [3.05, 3.63) is 176 Å². The Morgan fingerprint density at radius 1 is 0.469 bits per heavy atom. The minimum Gasteiger partial charge on any atom is -0.456 e. The molecule has 4 heteroatoms. The predicted molar refractivity (Wildman–Crippen MR) is 203 cm³/mol. The van der Waals surface area contributed by atoms with Crippen molar-refractivity contribution in [1.82, 2.24) is 9.55 Å².